The van der Waals surface area contributed by atoms with Crippen LogP contribution in [0.5, 0.6) is 0 Å². The number of ether oxygens (including phenoxy) is 1. The summed E-state index contributed by atoms with van der Waals surface area (Å²) in [6.45, 7) is 4.36. The van der Waals surface area contributed by atoms with Crippen LogP contribution in [-0.2, 0) is 11.8 Å². The number of hydrogen-bond donors (Lipinski definition) is 1. The standard InChI is InChI=1S/C14H23N5O2S/c1-18-10-12(16-17-18)13(20)15-11-14(2-6-21-7-3-14)19-4-8-22-9-5-19/h10H,2-9,11H2,1H3,(H,15,20). The van der Waals surface area contributed by atoms with E-state index in [-0.39, 0.29) is 11.4 Å². The van der Waals surface area contributed by atoms with Crippen molar-refractivity contribution in [3.8, 4) is 0 Å². The normalized spacial score (nSPS) is 22.4. The Morgan fingerprint density at radius 3 is 2.77 bits per heavy atom. The average molecular weight is 325 g/mol. The molecule has 0 unspecified atom stereocenters. The summed E-state index contributed by atoms with van der Waals surface area (Å²) in [6.07, 6.45) is 3.58. The first-order valence-corrected chi connectivity index (χ1v) is 8.90. The zero-order valence-corrected chi connectivity index (χ0v) is 13.8. The number of nitrogens with one attached hydrogen (secondary N) is 1. The van der Waals surface area contributed by atoms with Crippen molar-refractivity contribution in [2.24, 2.45) is 7.05 Å². The van der Waals surface area contributed by atoms with E-state index in [0.717, 1.165) is 39.1 Å². The molecule has 1 aromatic heterocycles. The number of aryl methyl sites for hydroxylation is 1. The van der Waals surface area contributed by atoms with Crippen molar-refractivity contribution in [3.05, 3.63) is 11.9 Å². The lowest BCUT2D eigenvalue weighted by Gasteiger charge is -2.47. The molecule has 0 bridgehead atoms. The van der Waals surface area contributed by atoms with E-state index in [4.69, 9.17) is 4.74 Å². The fraction of sp³-hybridized carbons (Fsp3) is 0.786. The van der Waals surface area contributed by atoms with Gasteiger partial charge in [-0.25, -0.2) is 0 Å². The van der Waals surface area contributed by atoms with Crippen molar-refractivity contribution in [1.29, 1.82) is 0 Å². The molecule has 2 aliphatic heterocycles. The molecule has 1 aromatic rings. The van der Waals surface area contributed by atoms with Gasteiger partial charge in [-0.15, -0.1) is 5.10 Å². The molecule has 0 aromatic carbocycles. The van der Waals surface area contributed by atoms with Gasteiger partial charge in [0, 0.05) is 56.9 Å². The summed E-state index contributed by atoms with van der Waals surface area (Å²) >= 11 is 2.00. The van der Waals surface area contributed by atoms with Gasteiger partial charge >= 0.3 is 0 Å². The van der Waals surface area contributed by atoms with Crippen LogP contribution in [0.3, 0.4) is 0 Å². The van der Waals surface area contributed by atoms with Crippen LogP contribution in [-0.4, -0.2) is 75.7 Å². The average Bonchev–Trinajstić information content (AvgIpc) is 3.01. The molecule has 122 valence electrons. The van der Waals surface area contributed by atoms with Gasteiger partial charge in [-0.05, 0) is 12.8 Å². The van der Waals surface area contributed by atoms with E-state index in [1.165, 1.54) is 11.5 Å². The number of carbonyl (C=O) groups is 1. The van der Waals surface area contributed by atoms with Gasteiger partial charge in [-0.3, -0.25) is 14.4 Å². The zero-order valence-electron chi connectivity index (χ0n) is 13.0. The second-order valence-corrected chi connectivity index (χ2v) is 7.12. The van der Waals surface area contributed by atoms with Crippen LogP contribution in [0, 0.1) is 0 Å². The minimum absolute atomic E-state index is 0.0249. The number of amides is 1. The highest BCUT2D eigenvalue weighted by Crippen LogP contribution is 2.30. The smallest absolute Gasteiger partial charge is 0.273 e. The summed E-state index contributed by atoms with van der Waals surface area (Å²) < 4.78 is 7.08. The maximum Gasteiger partial charge on any atom is 0.273 e. The molecule has 1 N–H and O–H groups in total. The highest BCUT2D eigenvalue weighted by Gasteiger charge is 2.39. The number of carbonyl (C=O) groups excluding carboxylic acids is 1. The van der Waals surface area contributed by atoms with Crippen LogP contribution >= 0.6 is 11.8 Å². The van der Waals surface area contributed by atoms with Gasteiger partial charge in [0.2, 0.25) is 0 Å². The van der Waals surface area contributed by atoms with Gasteiger partial charge < -0.3 is 10.1 Å². The van der Waals surface area contributed by atoms with Crippen LogP contribution in [0.1, 0.15) is 23.3 Å². The van der Waals surface area contributed by atoms with Crippen LogP contribution in [0.4, 0.5) is 0 Å². The van der Waals surface area contributed by atoms with Crippen molar-refractivity contribution >= 4 is 17.7 Å². The Balaban J connectivity index is 1.66. The van der Waals surface area contributed by atoms with Gasteiger partial charge in [-0.1, -0.05) is 5.21 Å². The molecule has 0 atom stereocenters. The Kier molecular flexibility index (Phi) is 5.00. The predicted molar refractivity (Wildman–Crippen MR) is 85.0 cm³/mol. The number of nitrogens with zero attached hydrogens (tertiary/aromatic N) is 4. The summed E-state index contributed by atoms with van der Waals surface area (Å²) in [7, 11) is 1.76. The van der Waals surface area contributed by atoms with Gasteiger partial charge in [0.25, 0.3) is 5.91 Å². The largest absolute Gasteiger partial charge is 0.381 e. The molecule has 2 fully saturated rings. The van der Waals surface area contributed by atoms with Crippen molar-refractivity contribution in [2.75, 3.05) is 44.4 Å². The van der Waals surface area contributed by atoms with Gasteiger partial charge in [0.15, 0.2) is 5.69 Å². The number of hydrogen-bond acceptors (Lipinski definition) is 6. The maximum atomic E-state index is 12.2. The number of rotatable bonds is 4. The van der Waals surface area contributed by atoms with E-state index in [2.05, 4.69) is 20.5 Å². The summed E-state index contributed by atoms with van der Waals surface area (Å²) in [5, 5.41) is 10.7. The molecule has 0 spiro atoms. The Hall–Kier alpha value is -1.12. The molecule has 0 saturated carbocycles. The van der Waals surface area contributed by atoms with E-state index in [9.17, 15) is 4.79 Å². The van der Waals surface area contributed by atoms with E-state index in [0.29, 0.717) is 12.2 Å². The molecule has 8 heteroatoms. The molecule has 1 amide bonds. The van der Waals surface area contributed by atoms with Gasteiger partial charge in [0.1, 0.15) is 0 Å². The second kappa shape index (κ2) is 6.97. The lowest BCUT2D eigenvalue weighted by molar-refractivity contribution is -0.0237. The van der Waals surface area contributed by atoms with Crippen LogP contribution < -0.4 is 5.32 Å². The minimum atomic E-state index is -0.148. The van der Waals surface area contributed by atoms with Gasteiger partial charge in [0.05, 0.1) is 6.20 Å². The van der Waals surface area contributed by atoms with E-state index >= 15 is 0 Å². The third kappa shape index (κ3) is 3.44. The SMILES string of the molecule is Cn1cc(C(=O)NCC2(N3CCSCC3)CCOCC2)nn1. The third-order valence-corrected chi connectivity index (χ3v) is 5.46. The van der Waals surface area contributed by atoms with Crippen molar-refractivity contribution in [3.63, 3.8) is 0 Å². The molecule has 0 aliphatic carbocycles. The number of aromatic nitrogens is 3. The molecule has 2 aliphatic rings. The highest BCUT2D eigenvalue weighted by atomic mass is 32.2. The van der Waals surface area contributed by atoms with Crippen molar-refractivity contribution in [1.82, 2.24) is 25.2 Å². The third-order valence-electron chi connectivity index (χ3n) is 4.52. The van der Waals surface area contributed by atoms with Crippen molar-refractivity contribution in [2.45, 2.75) is 18.4 Å². The monoisotopic (exact) mass is 325 g/mol. The zero-order chi connectivity index (χ0) is 15.4. The van der Waals surface area contributed by atoms with Crippen LogP contribution in [0.15, 0.2) is 6.20 Å². The fourth-order valence-corrected chi connectivity index (χ4v) is 4.08. The Morgan fingerprint density at radius 1 is 1.41 bits per heavy atom. The topological polar surface area (TPSA) is 72.3 Å². The quantitative estimate of drug-likeness (QED) is 0.849. The van der Waals surface area contributed by atoms with Gasteiger partial charge in [-0.2, -0.15) is 11.8 Å². The molecule has 22 heavy (non-hydrogen) atoms. The number of thioether (sulfide) groups is 1. The molecular formula is C14H23N5O2S. The summed E-state index contributed by atoms with van der Waals surface area (Å²) in [5.41, 5.74) is 0.399. The lowest BCUT2D eigenvalue weighted by Crippen LogP contribution is -2.60. The first-order valence-electron chi connectivity index (χ1n) is 7.75. The summed E-state index contributed by atoms with van der Waals surface area (Å²) in [4.78, 5) is 14.8. The van der Waals surface area contributed by atoms with Crippen LogP contribution in [0.25, 0.3) is 0 Å². The lowest BCUT2D eigenvalue weighted by atomic mass is 9.87. The first kappa shape index (κ1) is 15.8. The fourth-order valence-electron chi connectivity index (χ4n) is 3.18. The molecule has 3 heterocycles. The van der Waals surface area contributed by atoms with Crippen molar-refractivity contribution < 1.29 is 9.53 Å². The Labute approximate surface area is 134 Å². The predicted octanol–water partition coefficient (Wildman–Crippen LogP) is 0.143. The molecule has 7 nitrogen and oxygen atoms in total. The first-order chi connectivity index (χ1) is 10.7. The summed E-state index contributed by atoms with van der Waals surface area (Å²) in [6, 6.07) is 0. The molecule has 2 saturated heterocycles. The highest BCUT2D eigenvalue weighted by molar-refractivity contribution is 7.99. The van der Waals surface area contributed by atoms with E-state index < -0.39 is 0 Å². The minimum Gasteiger partial charge on any atom is -0.381 e. The molecule has 3 rings (SSSR count). The van der Waals surface area contributed by atoms with Crippen LogP contribution in [0.2, 0.25) is 0 Å². The maximum absolute atomic E-state index is 12.2. The Morgan fingerprint density at radius 2 is 2.14 bits per heavy atom. The molecular weight excluding hydrogens is 302 g/mol. The van der Waals surface area contributed by atoms with E-state index in [1.807, 2.05) is 11.8 Å². The van der Waals surface area contributed by atoms with E-state index in [1.54, 1.807) is 17.9 Å². The Bertz CT molecular complexity index is 509. The second-order valence-electron chi connectivity index (χ2n) is 5.90. The molecule has 0 radical (unpaired) electrons. The summed E-state index contributed by atoms with van der Waals surface area (Å²) in [5.74, 6) is 2.19.